The van der Waals surface area contributed by atoms with Gasteiger partial charge in [-0.15, -0.1) is 0 Å². The first kappa shape index (κ1) is 28.3. The second kappa shape index (κ2) is 11.5. The van der Waals surface area contributed by atoms with E-state index in [1.807, 2.05) is 18.2 Å². The average Bonchev–Trinajstić information content (AvgIpc) is 3.53. The lowest BCUT2D eigenvalue weighted by atomic mass is 9.67. The number of hydrogen-bond acceptors (Lipinski definition) is 9. The van der Waals surface area contributed by atoms with Gasteiger partial charge in [0.05, 0.1) is 37.3 Å². The minimum atomic E-state index is -0.894. The van der Waals surface area contributed by atoms with Crippen molar-refractivity contribution in [1.29, 1.82) is 5.26 Å². The Morgan fingerprint density at radius 1 is 1.24 bits per heavy atom. The van der Waals surface area contributed by atoms with Crippen LogP contribution in [-0.4, -0.2) is 102 Å². The zero-order chi connectivity index (χ0) is 28.7. The Bertz CT molecular complexity index is 1220. The molecule has 1 spiro atoms. The number of para-hydroxylation sites is 1. The van der Waals surface area contributed by atoms with E-state index in [-0.39, 0.29) is 42.2 Å². The number of hydrogen-bond donors (Lipinski definition) is 2. The molecular formula is C31H42N6O4. The molecule has 0 aromatic heterocycles. The molecule has 0 radical (unpaired) electrons. The van der Waals surface area contributed by atoms with Gasteiger partial charge in [0.15, 0.2) is 17.7 Å². The molecule has 7 unspecified atom stereocenters. The Labute approximate surface area is 242 Å². The van der Waals surface area contributed by atoms with E-state index in [1.165, 1.54) is 6.08 Å². The molecule has 6 rings (SSSR count). The number of nitrogens with one attached hydrogen (secondary N) is 2. The van der Waals surface area contributed by atoms with Crippen LogP contribution in [0.1, 0.15) is 50.5 Å². The van der Waals surface area contributed by atoms with Crippen molar-refractivity contribution >= 4 is 11.7 Å². The number of amides is 1. The van der Waals surface area contributed by atoms with Gasteiger partial charge < -0.3 is 19.3 Å². The molecule has 5 aliphatic rings. The SMILES string of the molecule is C=CC(=O)N1CCN(C2NC(OCC3CCCN3C)NC3C(=O)[C@@]4(CCC32)Oc2ccccc2C4C)CC1CC#N. The van der Waals surface area contributed by atoms with Gasteiger partial charge in [0.2, 0.25) is 5.91 Å². The summed E-state index contributed by atoms with van der Waals surface area (Å²) >= 11 is 0. The minimum Gasteiger partial charge on any atom is -0.478 e. The Morgan fingerprint density at radius 2 is 2.07 bits per heavy atom. The standard InChI is InChI=1S/C31H42N6O4/c1-4-26(38)37-17-16-36(18-21(37)12-14-32)29-24-11-13-31(20(2)23-9-5-6-10-25(23)41-31)28(39)27(24)33-30(34-29)40-19-22-8-7-15-35(22)3/h4-6,9-10,20-22,24,27,29-30,33-34H,1,7-8,11-13,15-19H2,2-3H3/t20?,21?,22?,24?,27?,29?,30?,31-/m0/s1. The van der Waals surface area contributed by atoms with Gasteiger partial charge in [0.1, 0.15) is 5.75 Å². The van der Waals surface area contributed by atoms with Crippen LogP contribution in [0.2, 0.25) is 0 Å². The van der Waals surface area contributed by atoms with Crippen LogP contribution >= 0.6 is 0 Å². The van der Waals surface area contributed by atoms with Gasteiger partial charge in [-0.05, 0) is 51.4 Å². The maximum atomic E-state index is 14.5. The molecule has 0 bridgehead atoms. The predicted octanol–water partition coefficient (Wildman–Crippen LogP) is 1.79. The number of nitrogens with zero attached hydrogens (tertiary/aromatic N) is 4. The number of likely N-dealkylation sites (tertiary alicyclic amines) is 1. The number of carbonyl (C=O) groups is 2. The molecule has 1 amide bonds. The van der Waals surface area contributed by atoms with Gasteiger partial charge >= 0.3 is 0 Å². The van der Waals surface area contributed by atoms with Crippen molar-refractivity contribution in [3.8, 4) is 11.8 Å². The van der Waals surface area contributed by atoms with E-state index in [4.69, 9.17) is 9.47 Å². The molecule has 1 saturated carbocycles. The zero-order valence-electron chi connectivity index (χ0n) is 24.1. The summed E-state index contributed by atoms with van der Waals surface area (Å²) in [5.41, 5.74) is 0.193. The van der Waals surface area contributed by atoms with Crippen molar-refractivity contribution in [1.82, 2.24) is 25.3 Å². The van der Waals surface area contributed by atoms with Gasteiger partial charge in [-0.2, -0.15) is 5.26 Å². The zero-order valence-corrected chi connectivity index (χ0v) is 24.1. The van der Waals surface area contributed by atoms with Crippen LogP contribution in [0.5, 0.6) is 5.75 Å². The van der Waals surface area contributed by atoms with Crippen LogP contribution in [-0.2, 0) is 14.3 Å². The monoisotopic (exact) mass is 562 g/mol. The fraction of sp³-hybridized carbons (Fsp3) is 0.645. The third kappa shape index (κ3) is 4.98. The highest BCUT2D eigenvalue weighted by atomic mass is 16.5. The van der Waals surface area contributed by atoms with E-state index < -0.39 is 18.0 Å². The second-order valence-electron chi connectivity index (χ2n) is 12.3. The molecule has 8 atom stereocenters. The topological polar surface area (TPSA) is 110 Å². The highest BCUT2D eigenvalue weighted by Gasteiger charge is 2.60. The van der Waals surface area contributed by atoms with E-state index in [0.717, 1.165) is 37.1 Å². The Kier molecular flexibility index (Phi) is 7.92. The molecule has 4 aliphatic heterocycles. The Balaban J connectivity index is 1.25. The largest absolute Gasteiger partial charge is 0.478 e. The number of carbonyl (C=O) groups excluding carboxylic acids is 2. The Hall–Kier alpha value is -2.81. The number of benzene rings is 1. The fourth-order valence-corrected chi connectivity index (χ4v) is 7.85. The number of piperazine rings is 1. The number of fused-ring (bicyclic) bond motifs is 2. The first-order valence-electron chi connectivity index (χ1n) is 15.1. The van der Waals surface area contributed by atoms with Gasteiger partial charge in [-0.25, -0.2) is 0 Å². The summed E-state index contributed by atoms with van der Waals surface area (Å²) in [6, 6.07) is 9.91. The lowest BCUT2D eigenvalue weighted by molar-refractivity contribution is -0.159. The maximum absolute atomic E-state index is 14.5. The summed E-state index contributed by atoms with van der Waals surface area (Å²) in [7, 11) is 2.13. The molecule has 4 fully saturated rings. The van der Waals surface area contributed by atoms with E-state index in [1.54, 1.807) is 4.90 Å². The summed E-state index contributed by atoms with van der Waals surface area (Å²) in [6.45, 7) is 9.08. The molecule has 4 heterocycles. The van der Waals surface area contributed by atoms with Gasteiger partial charge in [-0.1, -0.05) is 31.7 Å². The van der Waals surface area contributed by atoms with E-state index in [0.29, 0.717) is 38.7 Å². The average molecular weight is 563 g/mol. The minimum absolute atomic E-state index is 0.00830. The number of ketones is 1. The number of Topliss-reactive ketones (excluding diaryl/α,β-unsaturated/α-hetero) is 1. The summed E-state index contributed by atoms with van der Waals surface area (Å²) < 4.78 is 13.0. The third-order valence-electron chi connectivity index (χ3n) is 10.2. The lowest BCUT2D eigenvalue weighted by Crippen LogP contribution is -2.76. The summed E-state index contributed by atoms with van der Waals surface area (Å²) in [4.78, 5) is 33.4. The van der Waals surface area contributed by atoms with Gasteiger partial charge in [0.25, 0.3) is 0 Å². The van der Waals surface area contributed by atoms with Crippen molar-refractivity contribution < 1.29 is 19.1 Å². The maximum Gasteiger partial charge on any atom is 0.246 e. The molecule has 10 heteroatoms. The predicted molar refractivity (Wildman–Crippen MR) is 153 cm³/mol. The van der Waals surface area contributed by atoms with Gasteiger partial charge in [0, 0.05) is 43.1 Å². The molecule has 220 valence electrons. The van der Waals surface area contributed by atoms with Crippen molar-refractivity contribution in [2.45, 2.75) is 81.2 Å². The molecule has 1 aromatic carbocycles. The molecule has 1 aromatic rings. The third-order valence-corrected chi connectivity index (χ3v) is 10.2. The molecule has 2 N–H and O–H groups in total. The molecule has 10 nitrogen and oxygen atoms in total. The number of likely N-dealkylation sites (N-methyl/N-ethyl adjacent to an activating group) is 1. The van der Waals surface area contributed by atoms with Crippen LogP contribution < -0.4 is 15.4 Å². The molecule has 3 saturated heterocycles. The normalized spacial score (nSPS) is 37.3. The summed E-state index contributed by atoms with van der Waals surface area (Å²) in [6.07, 6.45) is 4.61. The quantitative estimate of drug-likeness (QED) is 0.502. The van der Waals surface area contributed by atoms with E-state index >= 15 is 0 Å². The first-order chi connectivity index (χ1) is 19.9. The fourth-order valence-electron chi connectivity index (χ4n) is 7.85. The van der Waals surface area contributed by atoms with Crippen LogP contribution in [0.15, 0.2) is 36.9 Å². The first-order valence-corrected chi connectivity index (χ1v) is 15.1. The van der Waals surface area contributed by atoms with E-state index in [9.17, 15) is 14.9 Å². The number of ether oxygens (including phenoxy) is 2. The van der Waals surface area contributed by atoms with Crippen molar-refractivity contribution in [2.75, 3.05) is 39.8 Å². The van der Waals surface area contributed by atoms with E-state index in [2.05, 4.69) is 53.1 Å². The summed E-state index contributed by atoms with van der Waals surface area (Å²) in [5, 5.41) is 16.8. The van der Waals surface area contributed by atoms with Crippen LogP contribution in [0.3, 0.4) is 0 Å². The van der Waals surface area contributed by atoms with Crippen molar-refractivity contribution in [3.05, 3.63) is 42.5 Å². The highest BCUT2D eigenvalue weighted by molar-refractivity contribution is 5.95. The molecular weight excluding hydrogens is 520 g/mol. The van der Waals surface area contributed by atoms with Crippen LogP contribution in [0, 0.1) is 17.2 Å². The molecule has 1 aliphatic carbocycles. The number of nitriles is 1. The second-order valence-corrected chi connectivity index (χ2v) is 12.3. The van der Waals surface area contributed by atoms with Crippen molar-refractivity contribution in [3.63, 3.8) is 0 Å². The van der Waals surface area contributed by atoms with Crippen LogP contribution in [0.4, 0.5) is 0 Å². The van der Waals surface area contributed by atoms with Crippen molar-refractivity contribution in [2.24, 2.45) is 5.92 Å². The molecule has 41 heavy (non-hydrogen) atoms. The Morgan fingerprint density at radius 3 is 2.80 bits per heavy atom. The smallest absolute Gasteiger partial charge is 0.246 e. The summed E-state index contributed by atoms with van der Waals surface area (Å²) in [5.74, 6) is 0.694. The lowest BCUT2D eigenvalue weighted by Gasteiger charge is -2.54. The van der Waals surface area contributed by atoms with Crippen LogP contribution in [0.25, 0.3) is 0 Å². The highest BCUT2D eigenvalue weighted by Crippen LogP contribution is 2.51. The number of rotatable bonds is 6. The van der Waals surface area contributed by atoms with Gasteiger partial charge in [-0.3, -0.25) is 25.1 Å².